The molecule has 1 fully saturated rings. The van der Waals surface area contributed by atoms with E-state index in [9.17, 15) is 9.59 Å². The number of benzene rings is 2. The number of amides is 2. The summed E-state index contributed by atoms with van der Waals surface area (Å²) in [6.07, 6.45) is 5.87. The van der Waals surface area contributed by atoms with Crippen molar-refractivity contribution in [1.82, 2.24) is 4.90 Å². The van der Waals surface area contributed by atoms with Gasteiger partial charge in [-0.25, -0.2) is 0 Å². The Labute approximate surface area is 198 Å². The molecule has 1 aliphatic rings. The number of nitrogens with zero attached hydrogens (tertiary/aromatic N) is 1. The molecule has 0 radical (unpaired) electrons. The zero-order valence-corrected chi connectivity index (χ0v) is 20.6. The molecule has 1 N–H and O–H groups in total. The number of para-hydroxylation sites is 1. The number of aryl methyl sites for hydroxylation is 2. The van der Waals surface area contributed by atoms with Crippen molar-refractivity contribution in [3.63, 3.8) is 0 Å². The van der Waals surface area contributed by atoms with Gasteiger partial charge in [0.05, 0.1) is 17.9 Å². The van der Waals surface area contributed by atoms with E-state index in [2.05, 4.69) is 24.4 Å². The number of anilines is 1. The van der Waals surface area contributed by atoms with Crippen LogP contribution < -0.4 is 10.1 Å². The number of rotatable bonds is 8. The van der Waals surface area contributed by atoms with Gasteiger partial charge in [-0.3, -0.25) is 9.59 Å². The van der Waals surface area contributed by atoms with Crippen LogP contribution in [0.1, 0.15) is 73.9 Å². The lowest BCUT2D eigenvalue weighted by Crippen LogP contribution is -2.34. The summed E-state index contributed by atoms with van der Waals surface area (Å²) < 4.78 is 5.96. The topological polar surface area (TPSA) is 58.6 Å². The van der Waals surface area contributed by atoms with Crippen molar-refractivity contribution in [2.45, 2.75) is 66.2 Å². The summed E-state index contributed by atoms with van der Waals surface area (Å²) in [5.41, 5.74) is 2.87. The summed E-state index contributed by atoms with van der Waals surface area (Å²) >= 11 is 0. The second kappa shape index (κ2) is 11.4. The summed E-state index contributed by atoms with van der Waals surface area (Å²) in [5.74, 6) is 0.830. The van der Waals surface area contributed by atoms with Gasteiger partial charge in [-0.15, -0.1) is 0 Å². The molecule has 2 amide bonds. The Kier molecular flexibility index (Phi) is 8.54. The van der Waals surface area contributed by atoms with E-state index in [0.717, 1.165) is 43.7 Å². The standard InChI is InChI=1S/C28H38N2O3/c1-21-14-15-22(2)25(20-21)33-19-11-16-28(3,4)27(32)29-24-13-8-7-12-23(24)26(31)30-17-9-5-6-10-18-30/h7-8,12-15,20H,5-6,9-11,16-19H2,1-4H3,(H,29,32). The van der Waals surface area contributed by atoms with Crippen molar-refractivity contribution in [3.8, 4) is 5.75 Å². The van der Waals surface area contributed by atoms with Crippen LogP contribution in [0.25, 0.3) is 0 Å². The number of ether oxygens (including phenoxy) is 1. The fourth-order valence-electron chi connectivity index (χ4n) is 4.19. The molecule has 2 aromatic rings. The van der Waals surface area contributed by atoms with Gasteiger partial charge in [-0.05, 0) is 68.9 Å². The second-order valence-corrected chi connectivity index (χ2v) is 9.81. The van der Waals surface area contributed by atoms with Crippen molar-refractivity contribution >= 4 is 17.5 Å². The highest BCUT2D eigenvalue weighted by atomic mass is 16.5. The Hall–Kier alpha value is -2.82. The van der Waals surface area contributed by atoms with E-state index >= 15 is 0 Å². The van der Waals surface area contributed by atoms with E-state index in [4.69, 9.17) is 4.74 Å². The molecule has 33 heavy (non-hydrogen) atoms. The van der Waals surface area contributed by atoms with Gasteiger partial charge in [0, 0.05) is 18.5 Å². The van der Waals surface area contributed by atoms with Crippen LogP contribution in [0.15, 0.2) is 42.5 Å². The molecule has 0 unspecified atom stereocenters. The van der Waals surface area contributed by atoms with Crippen LogP contribution in [-0.4, -0.2) is 36.4 Å². The predicted octanol–water partition coefficient (Wildman–Crippen LogP) is 6.14. The lowest BCUT2D eigenvalue weighted by atomic mass is 9.86. The first-order chi connectivity index (χ1) is 15.8. The number of likely N-dealkylation sites (tertiary alicyclic amines) is 1. The molecule has 0 saturated carbocycles. The molecule has 5 heteroatoms. The van der Waals surface area contributed by atoms with Crippen LogP contribution in [0.2, 0.25) is 0 Å². The number of nitrogens with one attached hydrogen (secondary N) is 1. The second-order valence-electron chi connectivity index (χ2n) is 9.81. The first-order valence-electron chi connectivity index (χ1n) is 12.2. The zero-order valence-electron chi connectivity index (χ0n) is 20.6. The van der Waals surface area contributed by atoms with Gasteiger partial charge in [0.15, 0.2) is 0 Å². The largest absolute Gasteiger partial charge is 0.493 e. The molecule has 2 aromatic carbocycles. The molecule has 1 aliphatic heterocycles. The number of hydrogen-bond donors (Lipinski definition) is 1. The van der Waals surface area contributed by atoms with Crippen LogP contribution in [-0.2, 0) is 4.79 Å². The monoisotopic (exact) mass is 450 g/mol. The summed E-state index contributed by atoms with van der Waals surface area (Å²) in [4.78, 5) is 28.2. The molecule has 1 heterocycles. The quantitative estimate of drug-likeness (QED) is 0.491. The van der Waals surface area contributed by atoms with Crippen LogP contribution >= 0.6 is 0 Å². The molecule has 0 bridgehead atoms. The molecule has 3 rings (SSSR count). The Morgan fingerprint density at radius 2 is 1.70 bits per heavy atom. The van der Waals surface area contributed by atoms with E-state index in [1.165, 1.54) is 18.4 Å². The van der Waals surface area contributed by atoms with Gasteiger partial charge < -0.3 is 15.0 Å². The minimum Gasteiger partial charge on any atom is -0.493 e. The molecule has 5 nitrogen and oxygen atoms in total. The van der Waals surface area contributed by atoms with Gasteiger partial charge in [0.2, 0.25) is 5.91 Å². The van der Waals surface area contributed by atoms with E-state index in [-0.39, 0.29) is 11.8 Å². The van der Waals surface area contributed by atoms with Gasteiger partial charge in [0.1, 0.15) is 5.75 Å². The number of hydrogen-bond acceptors (Lipinski definition) is 3. The van der Waals surface area contributed by atoms with Crippen molar-refractivity contribution in [2.75, 3.05) is 25.0 Å². The van der Waals surface area contributed by atoms with Gasteiger partial charge >= 0.3 is 0 Å². The SMILES string of the molecule is Cc1ccc(C)c(OCCCC(C)(C)C(=O)Nc2ccccc2C(=O)N2CCCCCC2)c1. The third-order valence-corrected chi connectivity index (χ3v) is 6.46. The average Bonchev–Trinajstić information content (AvgIpc) is 3.08. The molecule has 178 valence electrons. The average molecular weight is 451 g/mol. The van der Waals surface area contributed by atoms with E-state index in [1.807, 2.05) is 56.0 Å². The summed E-state index contributed by atoms with van der Waals surface area (Å²) in [7, 11) is 0. The first-order valence-corrected chi connectivity index (χ1v) is 12.2. The van der Waals surface area contributed by atoms with Crippen molar-refractivity contribution in [1.29, 1.82) is 0 Å². The summed E-state index contributed by atoms with van der Waals surface area (Å²) in [6, 6.07) is 13.5. The summed E-state index contributed by atoms with van der Waals surface area (Å²) in [6.45, 7) is 10.1. The van der Waals surface area contributed by atoms with Crippen LogP contribution in [0.4, 0.5) is 5.69 Å². The molecule has 0 atom stereocenters. The maximum atomic E-state index is 13.2. The molecular weight excluding hydrogens is 412 g/mol. The molecule has 0 spiro atoms. The summed E-state index contributed by atoms with van der Waals surface area (Å²) in [5, 5.41) is 3.03. The van der Waals surface area contributed by atoms with E-state index in [1.54, 1.807) is 0 Å². The fraction of sp³-hybridized carbons (Fsp3) is 0.500. The first kappa shape index (κ1) is 24.8. The Balaban J connectivity index is 1.58. The van der Waals surface area contributed by atoms with Crippen molar-refractivity contribution in [3.05, 3.63) is 59.2 Å². The maximum Gasteiger partial charge on any atom is 0.255 e. The zero-order chi connectivity index (χ0) is 23.8. The van der Waals surface area contributed by atoms with E-state index < -0.39 is 5.41 Å². The lowest BCUT2D eigenvalue weighted by Gasteiger charge is -2.26. The molecular formula is C28H38N2O3. The van der Waals surface area contributed by atoms with E-state index in [0.29, 0.717) is 24.3 Å². The third kappa shape index (κ3) is 6.83. The fourth-order valence-corrected chi connectivity index (χ4v) is 4.19. The lowest BCUT2D eigenvalue weighted by molar-refractivity contribution is -0.124. The van der Waals surface area contributed by atoms with Gasteiger partial charge in [-0.1, -0.05) is 51.0 Å². The smallest absolute Gasteiger partial charge is 0.255 e. The minimum absolute atomic E-state index is 0.00697. The minimum atomic E-state index is -0.580. The number of carbonyl (C=O) groups is 2. The van der Waals surface area contributed by atoms with Gasteiger partial charge in [0.25, 0.3) is 5.91 Å². The Morgan fingerprint density at radius 3 is 2.42 bits per heavy atom. The normalized spacial score (nSPS) is 14.5. The number of carbonyl (C=O) groups excluding carboxylic acids is 2. The highest BCUT2D eigenvalue weighted by Crippen LogP contribution is 2.27. The molecule has 0 aromatic heterocycles. The molecule has 1 saturated heterocycles. The third-order valence-electron chi connectivity index (χ3n) is 6.46. The van der Waals surface area contributed by atoms with Crippen molar-refractivity contribution < 1.29 is 14.3 Å². The van der Waals surface area contributed by atoms with Crippen molar-refractivity contribution in [2.24, 2.45) is 5.41 Å². The van der Waals surface area contributed by atoms with Gasteiger partial charge in [-0.2, -0.15) is 0 Å². The van der Waals surface area contributed by atoms with Crippen LogP contribution in [0.3, 0.4) is 0 Å². The van der Waals surface area contributed by atoms with Crippen LogP contribution in [0.5, 0.6) is 5.75 Å². The highest BCUT2D eigenvalue weighted by Gasteiger charge is 2.29. The van der Waals surface area contributed by atoms with Crippen LogP contribution in [0, 0.1) is 19.3 Å². The maximum absolute atomic E-state index is 13.2. The predicted molar refractivity (Wildman–Crippen MR) is 134 cm³/mol. The molecule has 0 aliphatic carbocycles. The highest BCUT2D eigenvalue weighted by molar-refractivity contribution is 6.04. The Morgan fingerprint density at radius 1 is 1.00 bits per heavy atom. The Bertz CT molecular complexity index is 959.